The van der Waals surface area contributed by atoms with Crippen LogP contribution in [0.25, 0.3) is 0 Å². The minimum Gasteiger partial charge on any atom is -0.323 e. The molecular formula is C10H14Cl2N2. The lowest BCUT2D eigenvalue weighted by atomic mass is 9.83. The number of nitrogens with zero attached hydrogens (tertiary/aromatic N) is 1. The third-order valence-electron chi connectivity index (χ3n) is 2.13. The lowest BCUT2D eigenvalue weighted by Gasteiger charge is -2.28. The van der Waals surface area contributed by atoms with E-state index in [0.717, 1.165) is 5.56 Å². The third-order valence-corrected chi connectivity index (χ3v) is 2.74. The van der Waals surface area contributed by atoms with Gasteiger partial charge in [-0.05, 0) is 5.41 Å². The van der Waals surface area contributed by atoms with Gasteiger partial charge in [0, 0.05) is 24.0 Å². The Kier molecular flexibility index (Phi) is 3.40. The number of pyridine rings is 1. The van der Waals surface area contributed by atoms with Crippen LogP contribution in [0.5, 0.6) is 0 Å². The summed E-state index contributed by atoms with van der Waals surface area (Å²) < 4.78 is 0. The van der Waals surface area contributed by atoms with Crippen LogP contribution in [0, 0.1) is 5.41 Å². The van der Waals surface area contributed by atoms with Gasteiger partial charge in [-0.15, -0.1) is 0 Å². The molecule has 0 saturated carbocycles. The first-order valence-corrected chi connectivity index (χ1v) is 5.14. The molecule has 0 saturated heterocycles. The second kappa shape index (κ2) is 4.05. The maximum Gasteiger partial charge on any atom is 0.0652 e. The molecule has 0 fully saturated rings. The van der Waals surface area contributed by atoms with Gasteiger partial charge in [-0.3, -0.25) is 4.98 Å². The summed E-state index contributed by atoms with van der Waals surface area (Å²) in [5.74, 6) is 0. The van der Waals surface area contributed by atoms with Crippen LogP contribution in [-0.4, -0.2) is 4.98 Å². The van der Waals surface area contributed by atoms with Gasteiger partial charge in [-0.25, -0.2) is 0 Å². The Labute approximate surface area is 94.4 Å². The van der Waals surface area contributed by atoms with Crippen molar-refractivity contribution in [3.05, 3.63) is 28.0 Å². The number of hydrogen-bond acceptors (Lipinski definition) is 2. The van der Waals surface area contributed by atoms with E-state index in [0.29, 0.717) is 10.0 Å². The van der Waals surface area contributed by atoms with Crippen molar-refractivity contribution in [2.24, 2.45) is 11.1 Å². The molecule has 0 spiro atoms. The number of nitrogens with two attached hydrogens (primary N) is 1. The van der Waals surface area contributed by atoms with Gasteiger partial charge in [0.1, 0.15) is 0 Å². The number of aromatic nitrogens is 1. The highest BCUT2D eigenvalue weighted by atomic mass is 35.5. The van der Waals surface area contributed by atoms with Gasteiger partial charge in [-0.2, -0.15) is 0 Å². The predicted octanol–water partition coefficient (Wildman–Crippen LogP) is 3.43. The highest BCUT2D eigenvalue weighted by molar-refractivity contribution is 6.35. The third kappa shape index (κ3) is 2.38. The summed E-state index contributed by atoms with van der Waals surface area (Å²) in [6, 6.07) is -0.189. The summed E-state index contributed by atoms with van der Waals surface area (Å²) in [6.07, 6.45) is 3.13. The Morgan fingerprint density at radius 1 is 1.21 bits per heavy atom. The predicted molar refractivity (Wildman–Crippen MR) is 60.6 cm³/mol. The average molecular weight is 233 g/mol. The zero-order valence-electron chi connectivity index (χ0n) is 8.51. The molecule has 0 aliphatic rings. The van der Waals surface area contributed by atoms with Gasteiger partial charge in [0.05, 0.1) is 10.0 Å². The van der Waals surface area contributed by atoms with Crippen LogP contribution < -0.4 is 5.73 Å². The van der Waals surface area contributed by atoms with Crippen molar-refractivity contribution in [3.8, 4) is 0 Å². The van der Waals surface area contributed by atoms with Gasteiger partial charge in [-0.1, -0.05) is 44.0 Å². The average Bonchev–Trinajstić information content (AvgIpc) is 2.01. The molecule has 14 heavy (non-hydrogen) atoms. The van der Waals surface area contributed by atoms with E-state index in [9.17, 15) is 0 Å². The summed E-state index contributed by atoms with van der Waals surface area (Å²) in [5.41, 5.74) is 6.78. The van der Waals surface area contributed by atoms with E-state index >= 15 is 0 Å². The van der Waals surface area contributed by atoms with E-state index in [4.69, 9.17) is 28.9 Å². The highest BCUT2D eigenvalue weighted by Gasteiger charge is 2.26. The van der Waals surface area contributed by atoms with E-state index in [1.807, 2.05) is 20.8 Å². The van der Waals surface area contributed by atoms with Crippen LogP contribution in [0.4, 0.5) is 0 Å². The molecule has 0 aliphatic carbocycles. The molecule has 78 valence electrons. The van der Waals surface area contributed by atoms with Gasteiger partial charge >= 0.3 is 0 Å². The lowest BCUT2D eigenvalue weighted by molar-refractivity contribution is 0.327. The van der Waals surface area contributed by atoms with Crippen molar-refractivity contribution in [1.29, 1.82) is 0 Å². The van der Waals surface area contributed by atoms with Crippen LogP contribution in [0.2, 0.25) is 10.0 Å². The van der Waals surface area contributed by atoms with E-state index in [-0.39, 0.29) is 11.5 Å². The number of halogens is 2. The molecule has 2 nitrogen and oxygen atoms in total. The second-order valence-corrected chi connectivity index (χ2v) is 5.17. The quantitative estimate of drug-likeness (QED) is 0.806. The van der Waals surface area contributed by atoms with Gasteiger partial charge in [0.2, 0.25) is 0 Å². The fourth-order valence-electron chi connectivity index (χ4n) is 1.15. The largest absolute Gasteiger partial charge is 0.323 e. The Morgan fingerprint density at radius 2 is 1.64 bits per heavy atom. The van der Waals surface area contributed by atoms with Crippen LogP contribution in [0.3, 0.4) is 0 Å². The molecule has 0 amide bonds. The molecule has 1 atom stereocenters. The van der Waals surface area contributed by atoms with Crippen LogP contribution in [-0.2, 0) is 0 Å². The van der Waals surface area contributed by atoms with Crippen molar-refractivity contribution >= 4 is 23.2 Å². The minimum atomic E-state index is -0.189. The fraction of sp³-hybridized carbons (Fsp3) is 0.500. The zero-order valence-corrected chi connectivity index (χ0v) is 10.0. The maximum atomic E-state index is 6.08. The first-order valence-electron chi connectivity index (χ1n) is 4.38. The molecule has 0 aliphatic heterocycles. The Balaban J connectivity index is 3.19. The van der Waals surface area contributed by atoms with Crippen molar-refractivity contribution < 1.29 is 0 Å². The monoisotopic (exact) mass is 232 g/mol. The second-order valence-electron chi connectivity index (χ2n) is 4.36. The summed E-state index contributed by atoms with van der Waals surface area (Å²) in [7, 11) is 0. The Bertz CT molecular complexity index is 311. The van der Waals surface area contributed by atoms with E-state index in [1.165, 1.54) is 0 Å². The molecule has 0 aromatic carbocycles. The highest BCUT2D eigenvalue weighted by Crippen LogP contribution is 2.37. The van der Waals surface area contributed by atoms with E-state index < -0.39 is 0 Å². The molecule has 1 aromatic heterocycles. The topological polar surface area (TPSA) is 38.9 Å². The molecule has 1 rings (SSSR count). The zero-order chi connectivity index (χ0) is 10.9. The molecule has 0 unspecified atom stereocenters. The van der Waals surface area contributed by atoms with E-state index in [1.54, 1.807) is 12.4 Å². The van der Waals surface area contributed by atoms with Crippen molar-refractivity contribution in [3.63, 3.8) is 0 Å². The molecule has 0 radical (unpaired) electrons. The summed E-state index contributed by atoms with van der Waals surface area (Å²) >= 11 is 12.0. The van der Waals surface area contributed by atoms with Crippen LogP contribution >= 0.6 is 23.2 Å². The molecule has 2 N–H and O–H groups in total. The molecular weight excluding hydrogens is 219 g/mol. The maximum absolute atomic E-state index is 6.08. The normalized spacial score (nSPS) is 14.1. The van der Waals surface area contributed by atoms with Crippen molar-refractivity contribution in [1.82, 2.24) is 4.98 Å². The fourth-order valence-corrected chi connectivity index (χ4v) is 1.75. The number of rotatable bonds is 1. The Morgan fingerprint density at radius 3 is 2.00 bits per heavy atom. The lowest BCUT2D eigenvalue weighted by Crippen LogP contribution is -2.26. The molecule has 1 heterocycles. The summed E-state index contributed by atoms with van der Waals surface area (Å²) in [5, 5.41) is 1.06. The minimum absolute atomic E-state index is 0.0748. The first kappa shape index (κ1) is 11.8. The van der Waals surface area contributed by atoms with Crippen molar-refractivity contribution in [2.75, 3.05) is 0 Å². The van der Waals surface area contributed by atoms with Gasteiger partial charge in [0.25, 0.3) is 0 Å². The molecule has 1 aromatic rings. The summed E-state index contributed by atoms with van der Waals surface area (Å²) in [6.45, 7) is 6.14. The smallest absolute Gasteiger partial charge is 0.0652 e. The van der Waals surface area contributed by atoms with Gasteiger partial charge in [0.15, 0.2) is 0 Å². The SMILES string of the molecule is CC(C)(C)[C@@H](N)c1c(Cl)cncc1Cl. The van der Waals surface area contributed by atoms with Crippen LogP contribution in [0.1, 0.15) is 32.4 Å². The van der Waals surface area contributed by atoms with Gasteiger partial charge < -0.3 is 5.73 Å². The number of hydrogen-bond donors (Lipinski definition) is 1. The van der Waals surface area contributed by atoms with Crippen molar-refractivity contribution in [2.45, 2.75) is 26.8 Å². The standard InChI is InChI=1S/C10H14Cl2N2/c1-10(2,3)9(13)8-6(11)4-14-5-7(8)12/h4-5,9H,13H2,1-3H3/t9-/m0/s1. The molecule has 0 bridgehead atoms. The van der Waals surface area contributed by atoms with Crippen LogP contribution in [0.15, 0.2) is 12.4 Å². The molecule has 4 heteroatoms. The Hall–Kier alpha value is -0.310. The van der Waals surface area contributed by atoms with E-state index in [2.05, 4.69) is 4.98 Å². The first-order chi connectivity index (χ1) is 6.34. The summed E-state index contributed by atoms with van der Waals surface area (Å²) in [4.78, 5) is 3.89.